The quantitative estimate of drug-likeness (QED) is 0.910. The van der Waals surface area contributed by atoms with Crippen molar-refractivity contribution in [1.29, 1.82) is 0 Å². The molecule has 0 fully saturated rings. The number of amides is 1. The van der Waals surface area contributed by atoms with Gasteiger partial charge < -0.3 is 19.9 Å². The lowest BCUT2D eigenvalue weighted by Gasteiger charge is -2.18. The highest BCUT2D eigenvalue weighted by molar-refractivity contribution is 7.14. The molecule has 0 atom stereocenters. The van der Waals surface area contributed by atoms with E-state index in [1.165, 1.54) is 11.4 Å². The molecule has 0 saturated heterocycles. The summed E-state index contributed by atoms with van der Waals surface area (Å²) < 4.78 is 10.8. The van der Waals surface area contributed by atoms with Crippen LogP contribution in [0.5, 0.6) is 11.5 Å². The maximum absolute atomic E-state index is 12.1. The van der Waals surface area contributed by atoms with E-state index >= 15 is 0 Å². The Kier molecular flexibility index (Phi) is 3.49. The van der Waals surface area contributed by atoms with Crippen molar-refractivity contribution >= 4 is 28.2 Å². The summed E-state index contributed by atoms with van der Waals surface area (Å²) in [6.07, 6.45) is 0. The van der Waals surface area contributed by atoms with Gasteiger partial charge >= 0.3 is 5.97 Å². The lowest BCUT2D eigenvalue weighted by molar-refractivity contribution is 0.0697. The number of hydrogen-bond donors (Lipinski definition) is 2. The number of anilines is 1. The molecule has 3 rings (SSSR count). The van der Waals surface area contributed by atoms with E-state index in [4.69, 9.17) is 14.6 Å². The minimum Gasteiger partial charge on any atom is -0.486 e. The van der Waals surface area contributed by atoms with Crippen LogP contribution in [0.1, 0.15) is 20.7 Å². The molecule has 0 bridgehead atoms. The van der Waals surface area contributed by atoms with Crippen molar-refractivity contribution in [3.8, 4) is 11.5 Å². The van der Waals surface area contributed by atoms with Crippen LogP contribution >= 0.6 is 11.3 Å². The molecule has 1 amide bonds. The Morgan fingerprint density at radius 3 is 2.57 bits per heavy atom. The first-order valence-corrected chi connectivity index (χ1v) is 7.04. The largest absolute Gasteiger partial charge is 0.486 e. The van der Waals surface area contributed by atoms with Crippen molar-refractivity contribution in [2.75, 3.05) is 18.5 Å². The van der Waals surface area contributed by atoms with Gasteiger partial charge in [-0.15, -0.1) is 11.3 Å². The second kappa shape index (κ2) is 5.45. The predicted octanol–water partition coefficient (Wildman–Crippen LogP) is 2.47. The molecule has 1 aliphatic heterocycles. The fraction of sp³-hybridized carbons (Fsp3) is 0.143. The zero-order valence-corrected chi connectivity index (χ0v) is 11.6. The molecule has 0 aliphatic carbocycles. The van der Waals surface area contributed by atoms with Crippen LogP contribution in [0, 0.1) is 0 Å². The summed E-state index contributed by atoms with van der Waals surface area (Å²) in [6.45, 7) is 0.941. The number of aromatic carboxylic acids is 1. The van der Waals surface area contributed by atoms with Crippen molar-refractivity contribution in [1.82, 2.24) is 0 Å². The normalized spacial score (nSPS) is 12.8. The first kappa shape index (κ1) is 13.4. The average Bonchev–Trinajstić information content (AvgIpc) is 2.95. The number of carboxylic acids is 1. The van der Waals surface area contributed by atoms with Crippen molar-refractivity contribution in [3.05, 3.63) is 40.8 Å². The molecule has 1 aromatic heterocycles. The third-order valence-corrected chi connectivity index (χ3v) is 3.73. The number of ether oxygens (including phenoxy) is 2. The van der Waals surface area contributed by atoms with Gasteiger partial charge in [-0.2, -0.15) is 0 Å². The maximum Gasteiger partial charge on any atom is 0.336 e. The van der Waals surface area contributed by atoms with Gasteiger partial charge in [0.2, 0.25) is 0 Å². The second-order valence-electron chi connectivity index (χ2n) is 4.32. The van der Waals surface area contributed by atoms with E-state index < -0.39 is 5.97 Å². The van der Waals surface area contributed by atoms with E-state index in [-0.39, 0.29) is 11.5 Å². The van der Waals surface area contributed by atoms with E-state index in [2.05, 4.69) is 5.32 Å². The Balaban J connectivity index is 1.77. The number of carboxylic acid groups (broad SMARTS) is 1. The molecule has 2 aromatic rings. The van der Waals surface area contributed by atoms with Crippen LogP contribution in [0.15, 0.2) is 29.6 Å². The number of fused-ring (bicyclic) bond motifs is 1. The summed E-state index contributed by atoms with van der Waals surface area (Å²) in [5, 5.41) is 13.5. The van der Waals surface area contributed by atoms with Gasteiger partial charge in [-0.05, 0) is 24.3 Å². The topological polar surface area (TPSA) is 84.9 Å². The summed E-state index contributed by atoms with van der Waals surface area (Å²) >= 11 is 1.16. The van der Waals surface area contributed by atoms with Gasteiger partial charge in [0.15, 0.2) is 11.5 Å². The first-order valence-electron chi connectivity index (χ1n) is 6.16. The van der Waals surface area contributed by atoms with Crippen LogP contribution in [-0.4, -0.2) is 30.2 Å². The first-order chi connectivity index (χ1) is 10.1. The third-order valence-electron chi connectivity index (χ3n) is 2.89. The molecule has 1 aromatic carbocycles. The molecule has 0 radical (unpaired) electrons. The number of carbonyl (C=O) groups is 2. The van der Waals surface area contributed by atoms with Crippen LogP contribution < -0.4 is 14.8 Å². The number of thiophene rings is 1. The maximum atomic E-state index is 12.1. The molecule has 7 heteroatoms. The molecule has 2 heterocycles. The molecular formula is C14H11NO5S. The molecule has 108 valence electrons. The summed E-state index contributed by atoms with van der Waals surface area (Å²) in [5.74, 6) is -0.203. The molecule has 0 spiro atoms. The highest BCUT2D eigenvalue weighted by Gasteiger charge is 2.16. The van der Waals surface area contributed by atoms with E-state index in [1.807, 2.05) is 0 Å². The highest BCUT2D eigenvalue weighted by Crippen LogP contribution is 2.31. The number of benzene rings is 1. The third kappa shape index (κ3) is 2.82. The van der Waals surface area contributed by atoms with Gasteiger partial charge in [-0.1, -0.05) is 0 Å². The fourth-order valence-corrected chi connectivity index (χ4v) is 2.65. The second-order valence-corrected chi connectivity index (χ2v) is 5.23. The molecule has 2 N–H and O–H groups in total. The van der Waals surface area contributed by atoms with E-state index in [0.717, 1.165) is 11.3 Å². The highest BCUT2D eigenvalue weighted by atomic mass is 32.1. The minimum atomic E-state index is -1.02. The van der Waals surface area contributed by atoms with E-state index in [9.17, 15) is 9.59 Å². The predicted molar refractivity (Wildman–Crippen MR) is 76.7 cm³/mol. The summed E-state index contributed by atoms with van der Waals surface area (Å²) in [4.78, 5) is 22.9. The zero-order chi connectivity index (χ0) is 14.8. The van der Waals surface area contributed by atoms with Gasteiger partial charge in [-0.25, -0.2) is 4.79 Å². The van der Waals surface area contributed by atoms with Crippen molar-refractivity contribution in [2.24, 2.45) is 0 Å². The van der Waals surface area contributed by atoms with Gasteiger partial charge in [0.1, 0.15) is 13.2 Å². The number of hydrogen-bond acceptors (Lipinski definition) is 5. The summed E-state index contributed by atoms with van der Waals surface area (Å²) in [5.41, 5.74) is 0.571. The Labute approximate surface area is 123 Å². The van der Waals surface area contributed by atoms with Crippen molar-refractivity contribution in [2.45, 2.75) is 0 Å². The molecule has 0 saturated carbocycles. The summed E-state index contributed by atoms with van der Waals surface area (Å²) in [6, 6.07) is 6.34. The molecule has 21 heavy (non-hydrogen) atoms. The standard InChI is InChI=1S/C14H11NO5S/c16-13(15-12-6-9(7-21-12)14(17)18)8-1-2-10-11(5-8)20-4-3-19-10/h1-2,5-7H,3-4H2,(H,15,16)(H,17,18). The monoisotopic (exact) mass is 305 g/mol. The smallest absolute Gasteiger partial charge is 0.336 e. The summed E-state index contributed by atoms with van der Waals surface area (Å²) in [7, 11) is 0. The molecule has 1 aliphatic rings. The number of rotatable bonds is 3. The van der Waals surface area contributed by atoms with E-state index in [0.29, 0.717) is 35.3 Å². The Bertz CT molecular complexity index is 709. The van der Waals surface area contributed by atoms with Crippen LogP contribution in [-0.2, 0) is 0 Å². The molecule has 6 nitrogen and oxygen atoms in total. The van der Waals surface area contributed by atoms with Gasteiger partial charge in [0, 0.05) is 10.9 Å². The Hall–Kier alpha value is -2.54. The van der Waals surface area contributed by atoms with Gasteiger partial charge in [-0.3, -0.25) is 4.79 Å². The number of nitrogens with one attached hydrogen (secondary N) is 1. The van der Waals surface area contributed by atoms with Crippen molar-refractivity contribution in [3.63, 3.8) is 0 Å². The van der Waals surface area contributed by atoms with Gasteiger partial charge in [0.25, 0.3) is 5.91 Å². The zero-order valence-electron chi connectivity index (χ0n) is 10.8. The van der Waals surface area contributed by atoms with E-state index in [1.54, 1.807) is 18.2 Å². The minimum absolute atomic E-state index is 0.150. The Morgan fingerprint density at radius 1 is 1.10 bits per heavy atom. The van der Waals surface area contributed by atoms with Crippen LogP contribution in [0.3, 0.4) is 0 Å². The molecular weight excluding hydrogens is 294 g/mol. The van der Waals surface area contributed by atoms with Crippen molar-refractivity contribution < 1.29 is 24.2 Å². The fourth-order valence-electron chi connectivity index (χ4n) is 1.88. The van der Waals surface area contributed by atoms with Gasteiger partial charge in [0.05, 0.1) is 10.6 Å². The number of carbonyl (C=O) groups excluding carboxylic acids is 1. The lowest BCUT2D eigenvalue weighted by atomic mass is 10.2. The van der Waals surface area contributed by atoms with Crippen LogP contribution in [0.25, 0.3) is 0 Å². The SMILES string of the molecule is O=C(O)c1csc(NC(=O)c2ccc3c(c2)OCCO3)c1. The van der Waals surface area contributed by atoms with Crippen LogP contribution in [0.2, 0.25) is 0 Å². The lowest BCUT2D eigenvalue weighted by Crippen LogP contribution is -2.17. The Morgan fingerprint density at radius 2 is 1.86 bits per heavy atom. The van der Waals surface area contributed by atoms with Crippen LogP contribution in [0.4, 0.5) is 5.00 Å². The molecule has 0 unspecified atom stereocenters. The average molecular weight is 305 g/mol.